The second-order valence-electron chi connectivity index (χ2n) is 6.48. The molecule has 0 saturated heterocycles. The maximum Gasteiger partial charge on any atom is 0.224 e. The van der Waals surface area contributed by atoms with Crippen LogP contribution in [-0.2, 0) is 11.2 Å². The number of hydrogen-bond acceptors (Lipinski definition) is 3. The first-order valence-electron chi connectivity index (χ1n) is 9.27. The molecule has 0 fully saturated rings. The Morgan fingerprint density at radius 3 is 2.42 bits per heavy atom. The molecule has 0 aromatic heterocycles. The van der Waals surface area contributed by atoms with Crippen LogP contribution in [0.4, 0.5) is 0 Å². The van der Waals surface area contributed by atoms with Gasteiger partial charge in [-0.05, 0) is 43.3 Å². The number of nitrogens with one attached hydrogen (secondary N) is 1. The molecular formula is C22H30N2O2. The maximum atomic E-state index is 12.4. The summed E-state index contributed by atoms with van der Waals surface area (Å²) in [6, 6.07) is 16.3. The van der Waals surface area contributed by atoms with Crippen LogP contribution in [0.1, 0.15) is 36.6 Å². The summed E-state index contributed by atoms with van der Waals surface area (Å²) in [5.41, 5.74) is 3.39. The molecule has 4 nitrogen and oxygen atoms in total. The van der Waals surface area contributed by atoms with Gasteiger partial charge in [-0.2, -0.15) is 0 Å². The zero-order valence-electron chi connectivity index (χ0n) is 16.3. The van der Waals surface area contributed by atoms with Crippen molar-refractivity contribution < 1.29 is 9.53 Å². The van der Waals surface area contributed by atoms with Crippen LogP contribution < -0.4 is 10.1 Å². The topological polar surface area (TPSA) is 41.6 Å². The van der Waals surface area contributed by atoms with Gasteiger partial charge in [-0.1, -0.05) is 55.8 Å². The van der Waals surface area contributed by atoms with E-state index >= 15 is 0 Å². The smallest absolute Gasteiger partial charge is 0.224 e. The lowest BCUT2D eigenvalue weighted by Crippen LogP contribution is -2.38. The van der Waals surface area contributed by atoms with Crippen molar-refractivity contribution in [2.75, 3.05) is 26.7 Å². The molecule has 2 rings (SSSR count). The molecule has 26 heavy (non-hydrogen) atoms. The Morgan fingerprint density at radius 2 is 1.81 bits per heavy atom. The molecule has 0 aliphatic heterocycles. The average Bonchev–Trinajstić information content (AvgIpc) is 2.67. The Hall–Kier alpha value is -2.33. The minimum atomic E-state index is 0.0499. The number of methoxy groups -OCH3 is 1. The van der Waals surface area contributed by atoms with E-state index in [1.807, 2.05) is 43.3 Å². The number of aryl methyl sites for hydroxylation is 1. The van der Waals surface area contributed by atoms with Crippen LogP contribution in [0.5, 0.6) is 5.75 Å². The first kappa shape index (κ1) is 20.0. The van der Waals surface area contributed by atoms with E-state index in [4.69, 9.17) is 4.74 Å². The predicted octanol–water partition coefficient (Wildman–Crippen LogP) is 3.75. The van der Waals surface area contributed by atoms with Crippen molar-refractivity contribution in [2.24, 2.45) is 0 Å². The van der Waals surface area contributed by atoms with Crippen molar-refractivity contribution in [3.05, 3.63) is 65.2 Å². The fourth-order valence-corrected chi connectivity index (χ4v) is 3.14. The Labute approximate surface area is 157 Å². The van der Waals surface area contributed by atoms with Crippen molar-refractivity contribution >= 4 is 5.91 Å². The van der Waals surface area contributed by atoms with Gasteiger partial charge in [0.2, 0.25) is 5.91 Å². The minimum Gasteiger partial charge on any atom is -0.497 e. The summed E-state index contributed by atoms with van der Waals surface area (Å²) in [5, 5.41) is 3.11. The summed E-state index contributed by atoms with van der Waals surface area (Å²) in [6.45, 7) is 8.76. The van der Waals surface area contributed by atoms with Crippen LogP contribution in [-0.4, -0.2) is 37.6 Å². The van der Waals surface area contributed by atoms with Crippen LogP contribution in [0.3, 0.4) is 0 Å². The Balaban J connectivity index is 2.06. The standard InChI is InChI=1S/C22H30N2O2/c1-5-24(6-2)21(19-8-7-9-20(15-19)26-4)16-23-22(25)14-18-12-10-17(3)11-13-18/h7-13,15,21H,5-6,14,16H2,1-4H3,(H,23,25)/t21-/m1/s1. The normalized spacial score (nSPS) is 12.0. The monoisotopic (exact) mass is 354 g/mol. The zero-order valence-corrected chi connectivity index (χ0v) is 16.3. The highest BCUT2D eigenvalue weighted by molar-refractivity contribution is 5.78. The Bertz CT molecular complexity index is 694. The molecule has 4 heteroatoms. The lowest BCUT2D eigenvalue weighted by Gasteiger charge is -2.30. The third-order valence-electron chi connectivity index (χ3n) is 4.71. The van der Waals surface area contributed by atoms with Crippen LogP contribution in [0, 0.1) is 6.92 Å². The average molecular weight is 354 g/mol. The molecule has 0 bridgehead atoms. The van der Waals surface area contributed by atoms with Crippen LogP contribution in [0.2, 0.25) is 0 Å². The first-order valence-corrected chi connectivity index (χ1v) is 9.27. The first-order chi connectivity index (χ1) is 12.6. The van der Waals surface area contributed by atoms with E-state index in [0.717, 1.165) is 30.0 Å². The van der Waals surface area contributed by atoms with Gasteiger partial charge in [0.05, 0.1) is 19.6 Å². The van der Waals surface area contributed by atoms with Gasteiger partial charge in [-0.15, -0.1) is 0 Å². The highest BCUT2D eigenvalue weighted by Gasteiger charge is 2.19. The molecule has 0 aliphatic carbocycles. The largest absolute Gasteiger partial charge is 0.497 e. The second-order valence-corrected chi connectivity index (χ2v) is 6.48. The van der Waals surface area contributed by atoms with Gasteiger partial charge < -0.3 is 10.1 Å². The molecule has 0 radical (unpaired) electrons. The molecule has 0 spiro atoms. The minimum absolute atomic E-state index is 0.0499. The van der Waals surface area contributed by atoms with Gasteiger partial charge in [0, 0.05) is 6.54 Å². The number of amides is 1. The maximum absolute atomic E-state index is 12.4. The van der Waals surface area contributed by atoms with Crippen molar-refractivity contribution in [3.8, 4) is 5.75 Å². The van der Waals surface area contributed by atoms with E-state index in [9.17, 15) is 4.79 Å². The molecule has 1 atom stereocenters. The summed E-state index contributed by atoms with van der Waals surface area (Å²) in [6.07, 6.45) is 0.406. The van der Waals surface area contributed by atoms with Gasteiger partial charge >= 0.3 is 0 Å². The molecule has 0 unspecified atom stereocenters. The van der Waals surface area contributed by atoms with Crippen LogP contribution >= 0.6 is 0 Å². The number of hydrogen-bond donors (Lipinski definition) is 1. The number of ether oxygens (including phenoxy) is 1. The summed E-state index contributed by atoms with van der Waals surface area (Å²) in [7, 11) is 1.68. The summed E-state index contributed by atoms with van der Waals surface area (Å²) >= 11 is 0. The van der Waals surface area contributed by atoms with E-state index in [2.05, 4.69) is 36.2 Å². The number of likely N-dealkylation sites (N-methyl/N-ethyl adjacent to an activating group) is 1. The van der Waals surface area contributed by atoms with Gasteiger partial charge in [0.25, 0.3) is 0 Å². The second kappa shape index (κ2) is 9.97. The van der Waals surface area contributed by atoms with Crippen molar-refractivity contribution in [2.45, 2.75) is 33.2 Å². The number of carbonyl (C=O) groups excluding carboxylic acids is 1. The molecule has 1 amide bonds. The highest BCUT2D eigenvalue weighted by Crippen LogP contribution is 2.23. The van der Waals surface area contributed by atoms with Gasteiger partial charge in [-0.3, -0.25) is 9.69 Å². The quantitative estimate of drug-likeness (QED) is 0.746. The van der Waals surface area contributed by atoms with Crippen molar-refractivity contribution in [1.29, 1.82) is 0 Å². The number of rotatable bonds is 9. The summed E-state index contributed by atoms with van der Waals surface area (Å²) in [4.78, 5) is 14.7. The Kier molecular flexibility index (Phi) is 7.67. The fraction of sp³-hybridized carbons (Fsp3) is 0.409. The van der Waals surface area contributed by atoms with E-state index in [1.165, 1.54) is 5.56 Å². The summed E-state index contributed by atoms with van der Waals surface area (Å²) in [5.74, 6) is 0.888. The Morgan fingerprint density at radius 1 is 1.12 bits per heavy atom. The number of nitrogens with zero attached hydrogens (tertiary/aromatic N) is 1. The summed E-state index contributed by atoms with van der Waals surface area (Å²) < 4.78 is 5.36. The predicted molar refractivity (Wildman–Crippen MR) is 107 cm³/mol. The molecule has 0 heterocycles. The number of carbonyl (C=O) groups is 1. The van der Waals surface area contributed by atoms with Gasteiger partial charge in [-0.25, -0.2) is 0 Å². The zero-order chi connectivity index (χ0) is 18.9. The fourth-order valence-electron chi connectivity index (χ4n) is 3.14. The van der Waals surface area contributed by atoms with E-state index in [-0.39, 0.29) is 11.9 Å². The van der Waals surface area contributed by atoms with E-state index in [1.54, 1.807) is 7.11 Å². The molecule has 1 N–H and O–H groups in total. The third kappa shape index (κ3) is 5.60. The lowest BCUT2D eigenvalue weighted by molar-refractivity contribution is -0.120. The molecule has 0 aliphatic rings. The van der Waals surface area contributed by atoms with Crippen molar-refractivity contribution in [3.63, 3.8) is 0 Å². The van der Waals surface area contributed by atoms with Gasteiger partial charge in [0.15, 0.2) is 0 Å². The molecular weight excluding hydrogens is 324 g/mol. The van der Waals surface area contributed by atoms with E-state index in [0.29, 0.717) is 13.0 Å². The number of benzene rings is 2. The van der Waals surface area contributed by atoms with Crippen LogP contribution in [0.25, 0.3) is 0 Å². The van der Waals surface area contributed by atoms with E-state index < -0.39 is 0 Å². The molecule has 0 saturated carbocycles. The van der Waals surface area contributed by atoms with Crippen molar-refractivity contribution in [1.82, 2.24) is 10.2 Å². The highest BCUT2D eigenvalue weighted by atomic mass is 16.5. The van der Waals surface area contributed by atoms with Gasteiger partial charge in [0.1, 0.15) is 5.75 Å². The molecule has 140 valence electrons. The third-order valence-corrected chi connectivity index (χ3v) is 4.71. The molecule has 2 aromatic rings. The SMILES string of the molecule is CCN(CC)[C@H](CNC(=O)Cc1ccc(C)cc1)c1cccc(OC)c1. The lowest BCUT2D eigenvalue weighted by atomic mass is 10.0. The van der Waals surface area contributed by atoms with Crippen LogP contribution in [0.15, 0.2) is 48.5 Å². The molecule has 2 aromatic carbocycles.